The molecule has 0 bridgehead atoms. The highest BCUT2D eigenvalue weighted by Gasteiger charge is 2.23. The average Bonchev–Trinajstić information content (AvgIpc) is 2.83. The van der Waals surface area contributed by atoms with Crippen LogP contribution >= 0.6 is 22.9 Å². The lowest BCUT2D eigenvalue weighted by molar-refractivity contribution is 0.525. The van der Waals surface area contributed by atoms with Gasteiger partial charge in [-0.25, -0.2) is 21.9 Å². The molecule has 0 unspecified atom stereocenters. The number of nitrogens with one attached hydrogen (secondary N) is 1. The predicted molar refractivity (Wildman–Crippen MR) is 77.6 cm³/mol. The van der Waals surface area contributed by atoms with Gasteiger partial charge in [0.25, 0.3) is 0 Å². The SMILES string of the molecule is NCc1c(F)ccc(S(=O)(=O)NCc2ccc(Cl)s2)c1F. The lowest BCUT2D eigenvalue weighted by Gasteiger charge is -2.10. The molecule has 21 heavy (non-hydrogen) atoms. The molecule has 0 saturated carbocycles. The van der Waals surface area contributed by atoms with Crippen LogP contribution in [-0.2, 0) is 23.1 Å². The summed E-state index contributed by atoms with van der Waals surface area (Å²) >= 11 is 6.94. The van der Waals surface area contributed by atoms with Gasteiger partial charge < -0.3 is 5.73 Å². The fourth-order valence-corrected chi connectivity index (χ4v) is 3.89. The van der Waals surface area contributed by atoms with Gasteiger partial charge in [-0.1, -0.05) is 11.6 Å². The van der Waals surface area contributed by atoms with Crippen molar-refractivity contribution in [3.63, 3.8) is 0 Å². The maximum Gasteiger partial charge on any atom is 0.243 e. The van der Waals surface area contributed by atoms with Gasteiger partial charge in [0, 0.05) is 23.5 Å². The number of benzene rings is 1. The van der Waals surface area contributed by atoms with Crippen LogP contribution in [0.15, 0.2) is 29.2 Å². The molecule has 0 amide bonds. The maximum atomic E-state index is 14.0. The number of rotatable bonds is 5. The number of hydrogen-bond acceptors (Lipinski definition) is 4. The molecule has 0 aliphatic heterocycles. The fourth-order valence-electron chi connectivity index (χ4n) is 1.66. The van der Waals surface area contributed by atoms with Crippen molar-refractivity contribution in [3.8, 4) is 0 Å². The summed E-state index contributed by atoms with van der Waals surface area (Å²) in [5, 5.41) is 0. The van der Waals surface area contributed by atoms with Crippen LogP contribution in [0.4, 0.5) is 8.78 Å². The maximum absolute atomic E-state index is 14.0. The molecule has 9 heteroatoms. The van der Waals surface area contributed by atoms with E-state index in [-0.39, 0.29) is 6.54 Å². The third-order valence-corrected chi connectivity index (χ3v) is 5.36. The van der Waals surface area contributed by atoms with Crippen molar-refractivity contribution in [3.05, 3.63) is 50.7 Å². The molecular weight excluding hydrogens is 342 g/mol. The Morgan fingerprint density at radius 1 is 1.24 bits per heavy atom. The Morgan fingerprint density at radius 3 is 2.52 bits per heavy atom. The Labute approximate surface area is 129 Å². The van der Waals surface area contributed by atoms with Crippen molar-refractivity contribution in [2.24, 2.45) is 5.73 Å². The van der Waals surface area contributed by atoms with Crippen LogP contribution < -0.4 is 10.5 Å². The average molecular weight is 353 g/mol. The molecule has 4 nitrogen and oxygen atoms in total. The molecule has 2 rings (SSSR count). The Kier molecular flexibility index (Phi) is 4.95. The molecule has 0 saturated heterocycles. The summed E-state index contributed by atoms with van der Waals surface area (Å²) in [6.45, 7) is -0.462. The largest absolute Gasteiger partial charge is 0.326 e. The molecule has 1 heterocycles. The first-order valence-electron chi connectivity index (χ1n) is 5.76. The van der Waals surface area contributed by atoms with Gasteiger partial charge in [-0.15, -0.1) is 11.3 Å². The van der Waals surface area contributed by atoms with E-state index in [0.29, 0.717) is 9.21 Å². The summed E-state index contributed by atoms with van der Waals surface area (Å²) in [6.07, 6.45) is 0. The molecule has 0 aliphatic carbocycles. The van der Waals surface area contributed by atoms with Crippen molar-refractivity contribution < 1.29 is 17.2 Å². The topological polar surface area (TPSA) is 72.2 Å². The quantitative estimate of drug-likeness (QED) is 0.868. The van der Waals surface area contributed by atoms with E-state index >= 15 is 0 Å². The molecule has 1 aromatic carbocycles. The number of nitrogens with two attached hydrogens (primary N) is 1. The highest BCUT2D eigenvalue weighted by Crippen LogP contribution is 2.23. The Balaban J connectivity index is 2.27. The van der Waals surface area contributed by atoms with E-state index in [4.69, 9.17) is 17.3 Å². The van der Waals surface area contributed by atoms with Gasteiger partial charge in [-0.05, 0) is 24.3 Å². The van der Waals surface area contributed by atoms with E-state index < -0.39 is 38.7 Å². The van der Waals surface area contributed by atoms with Crippen LogP contribution in [0.3, 0.4) is 0 Å². The second-order valence-electron chi connectivity index (χ2n) is 4.07. The van der Waals surface area contributed by atoms with Gasteiger partial charge in [-0.2, -0.15) is 0 Å². The normalized spacial score (nSPS) is 11.8. The van der Waals surface area contributed by atoms with Gasteiger partial charge in [0.2, 0.25) is 10.0 Å². The number of sulfonamides is 1. The van der Waals surface area contributed by atoms with Crippen LogP contribution in [-0.4, -0.2) is 8.42 Å². The molecule has 0 radical (unpaired) electrons. The van der Waals surface area contributed by atoms with Gasteiger partial charge in [0.05, 0.1) is 4.34 Å². The van der Waals surface area contributed by atoms with Crippen molar-refractivity contribution in [2.75, 3.05) is 0 Å². The standard InChI is InChI=1S/C12H11ClF2N2O2S2/c13-11-4-1-7(20-11)6-17-21(18,19)10-3-2-9(14)8(5-16)12(10)15/h1-4,17H,5-6,16H2. The minimum atomic E-state index is -4.11. The molecule has 3 N–H and O–H groups in total. The second kappa shape index (κ2) is 6.37. The van der Waals surface area contributed by atoms with E-state index in [0.717, 1.165) is 12.1 Å². The predicted octanol–water partition coefficient (Wildman–Crippen LogP) is 2.62. The van der Waals surface area contributed by atoms with Crippen LogP contribution in [0.2, 0.25) is 4.34 Å². The number of thiophene rings is 1. The van der Waals surface area contributed by atoms with E-state index in [1.807, 2.05) is 0 Å². The van der Waals surface area contributed by atoms with Gasteiger partial charge in [0.1, 0.15) is 10.7 Å². The van der Waals surface area contributed by atoms with Gasteiger partial charge in [-0.3, -0.25) is 0 Å². The zero-order chi connectivity index (χ0) is 15.6. The second-order valence-corrected chi connectivity index (χ2v) is 7.61. The third-order valence-electron chi connectivity index (χ3n) is 2.71. The summed E-state index contributed by atoms with van der Waals surface area (Å²) in [7, 11) is -4.11. The molecule has 0 aliphatic rings. The highest BCUT2D eigenvalue weighted by molar-refractivity contribution is 7.89. The Bertz CT molecular complexity index is 763. The Hall–Kier alpha value is -1.06. The van der Waals surface area contributed by atoms with Crippen molar-refractivity contribution in [2.45, 2.75) is 18.0 Å². The monoisotopic (exact) mass is 352 g/mol. The minimum Gasteiger partial charge on any atom is -0.326 e. The zero-order valence-corrected chi connectivity index (χ0v) is 13.0. The first-order valence-corrected chi connectivity index (χ1v) is 8.43. The zero-order valence-electron chi connectivity index (χ0n) is 10.6. The highest BCUT2D eigenvalue weighted by atomic mass is 35.5. The van der Waals surface area contributed by atoms with E-state index in [1.54, 1.807) is 12.1 Å². The summed E-state index contributed by atoms with van der Waals surface area (Å²) in [4.78, 5) is 0.0390. The molecular formula is C12H11ClF2N2O2S2. The van der Waals surface area contributed by atoms with Crippen LogP contribution in [0.5, 0.6) is 0 Å². The van der Waals surface area contributed by atoms with Crippen molar-refractivity contribution in [1.29, 1.82) is 0 Å². The van der Waals surface area contributed by atoms with E-state index in [9.17, 15) is 17.2 Å². The first kappa shape index (κ1) is 16.3. The molecule has 114 valence electrons. The molecule has 0 spiro atoms. The molecule has 2 aromatic rings. The van der Waals surface area contributed by atoms with Gasteiger partial charge >= 0.3 is 0 Å². The summed E-state index contributed by atoms with van der Waals surface area (Å²) < 4.78 is 54.2. The third kappa shape index (κ3) is 3.58. The lowest BCUT2D eigenvalue weighted by Crippen LogP contribution is -2.24. The number of halogens is 3. The summed E-state index contributed by atoms with van der Waals surface area (Å²) in [6, 6.07) is 5.03. The number of hydrogen-bond donors (Lipinski definition) is 2. The first-order chi connectivity index (χ1) is 9.85. The molecule has 0 atom stereocenters. The minimum absolute atomic E-state index is 0.0332. The van der Waals surface area contributed by atoms with Crippen LogP contribution in [0.1, 0.15) is 10.4 Å². The van der Waals surface area contributed by atoms with Crippen molar-refractivity contribution in [1.82, 2.24) is 4.72 Å². The van der Waals surface area contributed by atoms with Gasteiger partial charge in [0.15, 0.2) is 5.82 Å². The van der Waals surface area contributed by atoms with E-state index in [2.05, 4.69) is 4.72 Å². The summed E-state index contributed by atoms with van der Waals surface area (Å²) in [5.74, 6) is -2.05. The Morgan fingerprint density at radius 2 is 1.95 bits per heavy atom. The molecule has 1 aromatic heterocycles. The van der Waals surface area contributed by atoms with Crippen molar-refractivity contribution >= 4 is 33.0 Å². The summed E-state index contributed by atoms with van der Waals surface area (Å²) in [5.41, 5.74) is 4.76. The lowest BCUT2D eigenvalue weighted by atomic mass is 10.2. The van der Waals surface area contributed by atoms with E-state index in [1.165, 1.54) is 11.3 Å². The molecule has 0 fully saturated rings. The van der Waals surface area contributed by atoms with Crippen LogP contribution in [0, 0.1) is 11.6 Å². The van der Waals surface area contributed by atoms with Crippen LogP contribution in [0.25, 0.3) is 0 Å². The smallest absolute Gasteiger partial charge is 0.243 e. The fraction of sp³-hybridized carbons (Fsp3) is 0.167.